The summed E-state index contributed by atoms with van der Waals surface area (Å²) in [7, 11) is 0. The Hall–Kier alpha value is -1.79. The molecule has 2 aliphatic rings. The van der Waals surface area contributed by atoms with Crippen molar-refractivity contribution in [3.63, 3.8) is 0 Å². The van der Waals surface area contributed by atoms with Crippen LogP contribution in [0.5, 0.6) is 5.75 Å². The molecule has 0 spiro atoms. The van der Waals surface area contributed by atoms with Crippen molar-refractivity contribution in [2.75, 3.05) is 18.4 Å². The third kappa shape index (κ3) is 5.07. The Labute approximate surface area is 200 Å². The van der Waals surface area contributed by atoms with Crippen LogP contribution >= 0.6 is 23.2 Å². The number of likely N-dealkylation sites (tertiary alicyclic amines) is 1. The summed E-state index contributed by atoms with van der Waals surface area (Å²) in [6.45, 7) is 5.51. The molecule has 1 saturated heterocycles. The number of nitrogens with one attached hydrogen (secondary N) is 1. The number of nitrogens with zero attached hydrogens (tertiary/aromatic N) is 1. The normalized spacial score (nSPS) is 25.4. The van der Waals surface area contributed by atoms with Gasteiger partial charge in [-0.15, -0.1) is 0 Å². The summed E-state index contributed by atoms with van der Waals surface area (Å²) >= 11 is 13.0. The maximum atomic E-state index is 11.5. The first-order valence-corrected chi connectivity index (χ1v) is 12.1. The van der Waals surface area contributed by atoms with Crippen molar-refractivity contribution >= 4 is 34.8 Å². The summed E-state index contributed by atoms with van der Waals surface area (Å²) in [5.74, 6) is 0.577. The van der Waals surface area contributed by atoms with Gasteiger partial charge in [0.15, 0.2) is 0 Å². The number of halogens is 2. The average Bonchev–Trinajstić information content (AvgIpc) is 3.06. The zero-order valence-electron chi connectivity index (χ0n) is 18.7. The molecule has 172 valence electrons. The van der Waals surface area contributed by atoms with Crippen LogP contribution in [0.15, 0.2) is 36.4 Å². The van der Waals surface area contributed by atoms with Crippen molar-refractivity contribution < 1.29 is 9.53 Å². The van der Waals surface area contributed by atoms with Crippen molar-refractivity contribution in [1.29, 1.82) is 0 Å². The smallest absolute Gasteiger partial charge is 0.221 e. The SMILES string of the molecule is CCCC1(N)CCCN([C@H]2Cc3c(Cl)cc(Cl)cc3[C@@H]2Oc2cccc(NC(C)=O)c2)C1. The fraction of sp³-hybridized carbons (Fsp3) is 0.480. The molecule has 0 radical (unpaired) electrons. The number of benzene rings is 2. The molecule has 5 nitrogen and oxygen atoms in total. The third-order valence-electron chi connectivity index (χ3n) is 6.54. The van der Waals surface area contributed by atoms with Crippen LogP contribution in [0, 0.1) is 0 Å². The average molecular weight is 476 g/mol. The number of fused-ring (bicyclic) bond motifs is 1. The van der Waals surface area contributed by atoms with Gasteiger partial charge in [-0.2, -0.15) is 0 Å². The maximum Gasteiger partial charge on any atom is 0.221 e. The third-order valence-corrected chi connectivity index (χ3v) is 7.09. The predicted molar refractivity (Wildman–Crippen MR) is 131 cm³/mol. The lowest BCUT2D eigenvalue weighted by molar-refractivity contribution is -0.114. The molecule has 32 heavy (non-hydrogen) atoms. The molecule has 3 N–H and O–H groups in total. The van der Waals surface area contributed by atoms with Crippen LogP contribution in [0.4, 0.5) is 5.69 Å². The van der Waals surface area contributed by atoms with Gasteiger partial charge in [-0.05, 0) is 62.1 Å². The fourth-order valence-corrected chi connectivity index (χ4v) is 5.84. The van der Waals surface area contributed by atoms with Gasteiger partial charge in [-0.25, -0.2) is 0 Å². The van der Waals surface area contributed by atoms with Crippen molar-refractivity contribution in [3.8, 4) is 5.75 Å². The maximum absolute atomic E-state index is 11.5. The van der Waals surface area contributed by atoms with Crippen LogP contribution in [-0.2, 0) is 11.2 Å². The lowest BCUT2D eigenvalue weighted by atomic mass is 9.85. The second-order valence-electron chi connectivity index (χ2n) is 9.16. The molecule has 3 atom stereocenters. The van der Waals surface area contributed by atoms with E-state index in [0.717, 1.165) is 56.3 Å². The molecule has 0 saturated carbocycles. The van der Waals surface area contributed by atoms with E-state index in [-0.39, 0.29) is 23.6 Å². The Balaban J connectivity index is 1.66. The van der Waals surface area contributed by atoms with E-state index < -0.39 is 0 Å². The summed E-state index contributed by atoms with van der Waals surface area (Å²) in [6, 6.07) is 11.4. The highest BCUT2D eigenvalue weighted by atomic mass is 35.5. The number of rotatable bonds is 6. The van der Waals surface area contributed by atoms with E-state index in [2.05, 4.69) is 17.1 Å². The van der Waals surface area contributed by atoms with Crippen molar-refractivity contribution in [2.24, 2.45) is 5.73 Å². The molecule has 1 unspecified atom stereocenters. The lowest BCUT2D eigenvalue weighted by Gasteiger charge is -2.44. The van der Waals surface area contributed by atoms with Gasteiger partial charge >= 0.3 is 0 Å². The highest BCUT2D eigenvalue weighted by molar-refractivity contribution is 6.35. The molecular weight excluding hydrogens is 445 g/mol. The molecule has 1 amide bonds. The molecule has 2 aromatic rings. The largest absolute Gasteiger partial charge is 0.484 e. The van der Waals surface area contributed by atoms with Gasteiger partial charge in [0.05, 0.1) is 6.04 Å². The summed E-state index contributed by atoms with van der Waals surface area (Å²) in [6.07, 6.45) is 4.78. The highest BCUT2D eigenvalue weighted by Crippen LogP contribution is 2.44. The predicted octanol–water partition coefficient (Wildman–Crippen LogP) is 5.59. The zero-order chi connectivity index (χ0) is 22.9. The van der Waals surface area contributed by atoms with Crippen LogP contribution in [-0.4, -0.2) is 35.5 Å². The number of carbonyl (C=O) groups is 1. The minimum atomic E-state index is -0.224. The zero-order valence-corrected chi connectivity index (χ0v) is 20.2. The number of hydrogen-bond acceptors (Lipinski definition) is 4. The molecule has 1 aliphatic carbocycles. The van der Waals surface area contributed by atoms with Crippen LogP contribution in [0.25, 0.3) is 0 Å². The van der Waals surface area contributed by atoms with Crippen LogP contribution in [0.1, 0.15) is 56.8 Å². The van der Waals surface area contributed by atoms with Gasteiger partial charge in [0.2, 0.25) is 5.91 Å². The number of ether oxygens (including phenoxy) is 1. The Kier molecular flexibility index (Phi) is 7.01. The molecule has 0 aromatic heterocycles. The summed E-state index contributed by atoms with van der Waals surface area (Å²) in [4.78, 5) is 14.0. The summed E-state index contributed by atoms with van der Waals surface area (Å²) in [5.41, 5.74) is 9.44. The molecular formula is C25H31Cl2N3O2. The van der Waals surface area contributed by atoms with E-state index in [1.54, 1.807) is 6.07 Å². The van der Waals surface area contributed by atoms with Gasteiger partial charge in [-0.1, -0.05) is 42.6 Å². The standard InChI is InChI=1S/C25H31Cl2N3O2/c1-3-8-25(28)9-5-10-30(15-25)23-14-20-21(11-17(26)12-22(20)27)24(23)32-19-7-4-6-18(13-19)29-16(2)31/h4,6-7,11-13,23-24H,3,5,8-10,14-15,28H2,1-2H3,(H,29,31)/t23-,24-,25?/m0/s1. The Morgan fingerprint density at radius 2 is 2.12 bits per heavy atom. The molecule has 1 fully saturated rings. The Morgan fingerprint density at radius 3 is 2.88 bits per heavy atom. The number of hydrogen-bond donors (Lipinski definition) is 2. The van der Waals surface area contributed by atoms with Gasteiger partial charge < -0.3 is 15.8 Å². The molecule has 4 rings (SSSR count). The van der Waals surface area contributed by atoms with E-state index in [1.165, 1.54) is 6.92 Å². The van der Waals surface area contributed by atoms with Crippen LogP contribution in [0.2, 0.25) is 10.0 Å². The van der Waals surface area contributed by atoms with E-state index in [4.69, 9.17) is 33.7 Å². The van der Waals surface area contributed by atoms with E-state index in [0.29, 0.717) is 21.5 Å². The Morgan fingerprint density at radius 1 is 1.31 bits per heavy atom. The fourth-order valence-electron chi connectivity index (χ4n) is 5.26. The number of anilines is 1. The second kappa shape index (κ2) is 9.60. The first kappa shape index (κ1) is 23.4. The molecule has 1 heterocycles. The minimum absolute atomic E-state index is 0.116. The highest BCUT2D eigenvalue weighted by Gasteiger charge is 2.43. The second-order valence-corrected chi connectivity index (χ2v) is 10.0. The first-order valence-electron chi connectivity index (χ1n) is 11.3. The molecule has 1 aliphatic heterocycles. The summed E-state index contributed by atoms with van der Waals surface area (Å²) in [5, 5.41) is 4.10. The van der Waals surface area contributed by atoms with E-state index in [9.17, 15) is 4.79 Å². The number of amides is 1. The van der Waals surface area contributed by atoms with Gasteiger partial charge in [0.25, 0.3) is 0 Å². The minimum Gasteiger partial charge on any atom is -0.484 e. The lowest BCUT2D eigenvalue weighted by Crippen LogP contribution is -2.57. The quantitative estimate of drug-likeness (QED) is 0.571. The van der Waals surface area contributed by atoms with Crippen molar-refractivity contribution in [1.82, 2.24) is 4.90 Å². The van der Waals surface area contributed by atoms with Gasteiger partial charge in [0, 0.05) is 46.4 Å². The number of piperidine rings is 1. The van der Waals surface area contributed by atoms with Crippen molar-refractivity contribution in [3.05, 3.63) is 57.6 Å². The number of nitrogens with two attached hydrogens (primary N) is 1. The Bertz CT molecular complexity index is 995. The molecule has 2 aromatic carbocycles. The van der Waals surface area contributed by atoms with Crippen LogP contribution in [0.3, 0.4) is 0 Å². The van der Waals surface area contributed by atoms with Gasteiger partial charge in [0.1, 0.15) is 11.9 Å². The van der Waals surface area contributed by atoms with Crippen LogP contribution < -0.4 is 15.8 Å². The molecule has 7 heteroatoms. The van der Waals surface area contributed by atoms with Gasteiger partial charge in [-0.3, -0.25) is 9.69 Å². The monoisotopic (exact) mass is 475 g/mol. The van der Waals surface area contributed by atoms with Crippen molar-refractivity contribution in [2.45, 2.75) is 63.6 Å². The van der Waals surface area contributed by atoms with E-state index in [1.807, 2.05) is 30.3 Å². The topological polar surface area (TPSA) is 67.6 Å². The molecule has 0 bridgehead atoms. The summed E-state index contributed by atoms with van der Waals surface area (Å²) < 4.78 is 6.58. The first-order chi connectivity index (χ1) is 15.3. The number of carbonyl (C=O) groups excluding carboxylic acids is 1. The van der Waals surface area contributed by atoms with E-state index >= 15 is 0 Å².